The van der Waals surface area contributed by atoms with Crippen molar-refractivity contribution in [2.75, 3.05) is 20.1 Å². The van der Waals surface area contributed by atoms with Gasteiger partial charge in [0.1, 0.15) is 5.76 Å². The van der Waals surface area contributed by atoms with Crippen molar-refractivity contribution in [1.29, 1.82) is 0 Å². The van der Waals surface area contributed by atoms with Crippen molar-refractivity contribution in [2.24, 2.45) is 0 Å². The van der Waals surface area contributed by atoms with Crippen LogP contribution in [0, 0.1) is 0 Å². The molecule has 5 nitrogen and oxygen atoms in total. The van der Waals surface area contributed by atoms with Gasteiger partial charge in [-0.05, 0) is 18.7 Å². The van der Waals surface area contributed by atoms with Crippen molar-refractivity contribution in [3.63, 3.8) is 0 Å². The molecular formula is C10H16F2N2O3S. The molecule has 0 bridgehead atoms. The highest BCUT2D eigenvalue weighted by molar-refractivity contribution is 7.89. The number of rotatable bonds is 7. The molecule has 1 heterocycles. The van der Waals surface area contributed by atoms with Crippen LogP contribution in [0.3, 0.4) is 0 Å². The minimum atomic E-state index is -3.98. The maximum absolute atomic E-state index is 12.2. The lowest BCUT2D eigenvalue weighted by molar-refractivity contribution is 0.126. The molecule has 0 atom stereocenters. The van der Waals surface area contributed by atoms with Gasteiger partial charge >= 0.3 is 0 Å². The molecular weight excluding hydrogens is 266 g/mol. The van der Waals surface area contributed by atoms with Crippen LogP contribution in [0.2, 0.25) is 0 Å². The van der Waals surface area contributed by atoms with Gasteiger partial charge < -0.3 is 9.73 Å². The van der Waals surface area contributed by atoms with Crippen LogP contribution < -0.4 is 5.32 Å². The molecule has 0 radical (unpaired) electrons. The maximum Gasteiger partial charge on any atom is 0.276 e. The van der Waals surface area contributed by atoms with Crippen LogP contribution >= 0.6 is 0 Å². The zero-order chi connectivity index (χ0) is 13.8. The summed E-state index contributed by atoms with van der Waals surface area (Å²) in [7, 11) is -2.89. The topological polar surface area (TPSA) is 62.6 Å². The van der Waals surface area contributed by atoms with Gasteiger partial charge in [0.05, 0.1) is 13.1 Å². The van der Waals surface area contributed by atoms with Crippen molar-refractivity contribution < 1.29 is 21.6 Å². The molecule has 1 aromatic heterocycles. The van der Waals surface area contributed by atoms with Crippen molar-refractivity contribution in [3.05, 3.63) is 17.9 Å². The van der Waals surface area contributed by atoms with E-state index < -0.39 is 23.0 Å². The van der Waals surface area contributed by atoms with E-state index in [1.54, 1.807) is 0 Å². The summed E-state index contributed by atoms with van der Waals surface area (Å²) < 4.78 is 53.7. The Hall–Kier alpha value is -0.990. The summed E-state index contributed by atoms with van der Waals surface area (Å²) in [5.74, 6) is 0.445. The molecule has 104 valence electrons. The van der Waals surface area contributed by atoms with E-state index in [1.165, 1.54) is 12.1 Å². The fraction of sp³-hybridized carbons (Fsp3) is 0.600. The fourth-order valence-electron chi connectivity index (χ4n) is 1.29. The van der Waals surface area contributed by atoms with Gasteiger partial charge in [0.25, 0.3) is 16.4 Å². The van der Waals surface area contributed by atoms with Gasteiger partial charge in [0.15, 0.2) is 0 Å². The molecule has 8 heteroatoms. The van der Waals surface area contributed by atoms with Crippen LogP contribution in [0.1, 0.15) is 12.7 Å². The minimum absolute atomic E-state index is 0.321. The van der Waals surface area contributed by atoms with Gasteiger partial charge in [-0.15, -0.1) is 0 Å². The molecule has 0 unspecified atom stereocenters. The average Bonchev–Trinajstić information content (AvgIpc) is 2.74. The number of halogens is 2. The second kappa shape index (κ2) is 6.26. The number of nitrogens with one attached hydrogen (secondary N) is 1. The van der Waals surface area contributed by atoms with Crippen LogP contribution in [0.5, 0.6) is 0 Å². The molecule has 0 saturated heterocycles. The third-order valence-corrected chi connectivity index (χ3v) is 3.94. The van der Waals surface area contributed by atoms with Crippen LogP contribution in [0.15, 0.2) is 21.6 Å². The van der Waals surface area contributed by atoms with Gasteiger partial charge in [-0.3, -0.25) is 0 Å². The smallest absolute Gasteiger partial charge is 0.276 e. The van der Waals surface area contributed by atoms with E-state index in [2.05, 4.69) is 5.32 Å². The van der Waals surface area contributed by atoms with Gasteiger partial charge in [-0.1, -0.05) is 6.92 Å². The SMILES string of the molecule is CCNCc1ccc(S(=O)(=O)N(C)CC(F)F)o1. The first-order chi connectivity index (χ1) is 8.37. The minimum Gasteiger partial charge on any atom is -0.447 e. The van der Waals surface area contributed by atoms with E-state index in [9.17, 15) is 17.2 Å². The highest BCUT2D eigenvalue weighted by Gasteiger charge is 2.26. The van der Waals surface area contributed by atoms with Crippen molar-refractivity contribution >= 4 is 10.0 Å². The quantitative estimate of drug-likeness (QED) is 0.818. The summed E-state index contributed by atoms with van der Waals surface area (Å²) in [6.07, 6.45) is -2.72. The Morgan fingerprint density at radius 1 is 1.44 bits per heavy atom. The third kappa shape index (κ3) is 3.76. The van der Waals surface area contributed by atoms with Crippen LogP contribution in [-0.4, -0.2) is 39.3 Å². The molecule has 0 aromatic carbocycles. The number of sulfonamides is 1. The van der Waals surface area contributed by atoms with Crippen molar-refractivity contribution in [2.45, 2.75) is 25.0 Å². The second-order valence-corrected chi connectivity index (χ2v) is 5.65. The third-order valence-electron chi connectivity index (χ3n) is 2.25. The Balaban J connectivity index is 2.81. The van der Waals surface area contributed by atoms with Crippen LogP contribution in [-0.2, 0) is 16.6 Å². The molecule has 0 saturated carbocycles. The summed E-state index contributed by atoms with van der Waals surface area (Å²) in [4.78, 5) is 0. The highest BCUT2D eigenvalue weighted by atomic mass is 32.2. The monoisotopic (exact) mass is 282 g/mol. The largest absolute Gasteiger partial charge is 0.447 e. The first-order valence-corrected chi connectivity index (χ1v) is 6.85. The molecule has 0 aliphatic rings. The van der Waals surface area contributed by atoms with E-state index in [0.717, 1.165) is 7.05 Å². The van der Waals surface area contributed by atoms with E-state index in [4.69, 9.17) is 4.42 Å². The van der Waals surface area contributed by atoms with Crippen LogP contribution in [0.25, 0.3) is 0 Å². The summed E-state index contributed by atoms with van der Waals surface area (Å²) in [6, 6.07) is 2.77. The molecule has 18 heavy (non-hydrogen) atoms. The second-order valence-electron chi connectivity index (χ2n) is 3.68. The lowest BCUT2D eigenvalue weighted by atomic mass is 10.4. The molecule has 1 aromatic rings. The number of hydrogen-bond acceptors (Lipinski definition) is 4. The normalized spacial score (nSPS) is 12.6. The van der Waals surface area contributed by atoms with Crippen molar-refractivity contribution in [1.82, 2.24) is 9.62 Å². The molecule has 0 amide bonds. The van der Waals surface area contributed by atoms with E-state index in [-0.39, 0.29) is 5.09 Å². The molecule has 1 N–H and O–H groups in total. The molecule has 1 rings (SSSR count). The summed E-state index contributed by atoms with van der Waals surface area (Å²) >= 11 is 0. The fourth-order valence-corrected chi connectivity index (χ4v) is 2.35. The Labute approximate surface area is 105 Å². The van der Waals surface area contributed by atoms with Gasteiger partial charge in [-0.25, -0.2) is 17.2 Å². The molecule has 0 aliphatic heterocycles. The van der Waals surface area contributed by atoms with E-state index in [1.807, 2.05) is 6.92 Å². The summed E-state index contributed by atoms with van der Waals surface area (Å²) in [5.41, 5.74) is 0. The predicted octanol–water partition coefficient (Wildman–Crippen LogP) is 1.27. The van der Waals surface area contributed by atoms with Gasteiger partial charge in [0.2, 0.25) is 5.09 Å². The summed E-state index contributed by atoms with van der Waals surface area (Å²) in [6.45, 7) is 2.15. The Bertz CT molecular complexity index is 473. The average molecular weight is 282 g/mol. The van der Waals surface area contributed by atoms with Gasteiger partial charge in [0, 0.05) is 7.05 Å². The Morgan fingerprint density at radius 2 is 2.11 bits per heavy atom. The Kier molecular flexibility index (Phi) is 5.24. The van der Waals surface area contributed by atoms with E-state index >= 15 is 0 Å². The lowest BCUT2D eigenvalue weighted by Gasteiger charge is -2.14. The first kappa shape index (κ1) is 15.1. The standard InChI is InChI=1S/C10H16F2N2O3S/c1-3-13-6-8-4-5-10(17-8)18(15,16)14(2)7-9(11)12/h4-5,9,13H,3,6-7H2,1-2H3. The summed E-state index contributed by atoms with van der Waals surface area (Å²) in [5, 5.41) is 2.65. The van der Waals surface area contributed by atoms with Crippen molar-refractivity contribution in [3.8, 4) is 0 Å². The number of hydrogen-bond donors (Lipinski definition) is 1. The molecule has 0 fully saturated rings. The number of alkyl halides is 2. The zero-order valence-electron chi connectivity index (χ0n) is 10.2. The molecule has 0 spiro atoms. The predicted molar refractivity (Wildman–Crippen MR) is 61.9 cm³/mol. The van der Waals surface area contributed by atoms with E-state index in [0.29, 0.717) is 23.2 Å². The van der Waals surface area contributed by atoms with Crippen LogP contribution in [0.4, 0.5) is 8.78 Å². The number of furan rings is 1. The molecule has 0 aliphatic carbocycles. The first-order valence-electron chi connectivity index (χ1n) is 5.41. The highest BCUT2D eigenvalue weighted by Crippen LogP contribution is 2.18. The Morgan fingerprint density at radius 3 is 2.67 bits per heavy atom. The lowest BCUT2D eigenvalue weighted by Crippen LogP contribution is -2.31. The number of nitrogens with zero attached hydrogens (tertiary/aromatic N) is 1. The zero-order valence-corrected chi connectivity index (χ0v) is 11.0. The maximum atomic E-state index is 12.2. The van der Waals surface area contributed by atoms with Gasteiger partial charge in [-0.2, -0.15) is 4.31 Å².